The molecule has 2 aromatic carbocycles. The molecule has 48 heavy (non-hydrogen) atoms. The predicted octanol–water partition coefficient (Wildman–Crippen LogP) is 9.58. The molecule has 2 aromatic heterocycles. The number of nitrogens with zero attached hydrogens (tertiary/aromatic N) is 2. The Balaban J connectivity index is 0.826. The molecule has 4 aromatic rings. The zero-order valence-electron chi connectivity index (χ0n) is 28.0. The molecule has 8 aliphatic carbocycles. The van der Waals surface area contributed by atoms with Gasteiger partial charge in [-0.2, -0.15) is 0 Å². The summed E-state index contributed by atoms with van der Waals surface area (Å²) in [4.78, 5) is 0. The Morgan fingerprint density at radius 1 is 0.646 bits per heavy atom. The first-order valence-electron chi connectivity index (χ1n) is 18.6. The summed E-state index contributed by atoms with van der Waals surface area (Å²) in [6, 6.07) is 19.6. The summed E-state index contributed by atoms with van der Waals surface area (Å²) in [7, 11) is 0. The van der Waals surface area contributed by atoms with Crippen LogP contribution in [0.1, 0.15) is 99.1 Å². The average molecular weight is 708 g/mol. The maximum Gasteiger partial charge on any atom is 0.167 e. The van der Waals surface area contributed by atoms with Crippen LogP contribution in [0.2, 0.25) is 0 Å². The standard InChI is InChI=1S/C41H47BrN4O2/c1-24-2-4-29(5-3-24)37-14-33(45-47-37)23-44-41-19-28-11-31(20-41)39(32(12-28)21-41)35-13-30(6-7-36(35)42)38-15-34(46-48-38)22-43-40-16-25-8-26(17-40)10-27(9-25)18-40/h2-7,13-15,25-28,31-32,39,43-44H,8-12,16-23H2,1H3. The zero-order valence-corrected chi connectivity index (χ0v) is 29.6. The monoisotopic (exact) mass is 706 g/mol. The Labute approximate surface area is 292 Å². The second kappa shape index (κ2) is 11.4. The molecule has 8 aliphatic rings. The van der Waals surface area contributed by atoms with Gasteiger partial charge in [0.05, 0.1) is 11.4 Å². The maximum atomic E-state index is 6.02. The van der Waals surface area contributed by atoms with E-state index in [1.807, 2.05) is 0 Å². The van der Waals surface area contributed by atoms with Gasteiger partial charge < -0.3 is 19.7 Å². The molecule has 0 aliphatic heterocycles. The molecule has 0 saturated heterocycles. The molecule has 12 rings (SSSR count). The van der Waals surface area contributed by atoms with E-state index in [-0.39, 0.29) is 5.54 Å². The molecule has 0 radical (unpaired) electrons. The summed E-state index contributed by atoms with van der Waals surface area (Å²) in [6.07, 6.45) is 14.9. The second-order valence-electron chi connectivity index (χ2n) is 17.1. The fourth-order valence-electron chi connectivity index (χ4n) is 12.4. The van der Waals surface area contributed by atoms with Crippen LogP contribution in [-0.2, 0) is 13.1 Å². The van der Waals surface area contributed by atoms with Gasteiger partial charge in [0.1, 0.15) is 0 Å². The highest BCUT2D eigenvalue weighted by molar-refractivity contribution is 9.10. The Morgan fingerprint density at radius 3 is 1.73 bits per heavy atom. The first kappa shape index (κ1) is 30.1. The molecule has 8 fully saturated rings. The van der Waals surface area contributed by atoms with E-state index in [1.165, 1.54) is 86.2 Å². The van der Waals surface area contributed by atoms with E-state index >= 15 is 0 Å². The fraction of sp³-hybridized carbons (Fsp3) is 0.561. The molecule has 2 heterocycles. The summed E-state index contributed by atoms with van der Waals surface area (Å²) in [5, 5.41) is 17.0. The van der Waals surface area contributed by atoms with E-state index in [0.717, 1.165) is 70.8 Å². The largest absolute Gasteiger partial charge is 0.356 e. The van der Waals surface area contributed by atoms with Crippen molar-refractivity contribution in [1.29, 1.82) is 0 Å². The minimum atomic E-state index is 0.198. The molecule has 8 saturated carbocycles. The predicted molar refractivity (Wildman–Crippen MR) is 190 cm³/mol. The van der Waals surface area contributed by atoms with Crippen molar-refractivity contribution < 1.29 is 9.05 Å². The first-order chi connectivity index (χ1) is 23.4. The molecule has 250 valence electrons. The van der Waals surface area contributed by atoms with Crippen molar-refractivity contribution in [3.05, 3.63) is 81.6 Å². The van der Waals surface area contributed by atoms with E-state index in [9.17, 15) is 0 Å². The Kier molecular flexibility index (Phi) is 7.15. The lowest BCUT2D eigenvalue weighted by atomic mass is 9.48. The molecule has 6 nitrogen and oxygen atoms in total. The van der Waals surface area contributed by atoms with Crippen LogP contribution in [0.3, 0.4) is 0 Å². The number of nitrogens with one attached hydrogen (secondary N) is 2. The molecule has 8 bridgehead atoms. The molecule has 0 amide bonds. The maximum absolute atomic E-state index is 6.02. The van der Waals surface area contributed by atoms with E-state index in [1.54, 1.807) is 0 Å². The Morgan fingerprint density at radius 2 is 1.15 bits per heavy atom. The summed E-state index contributed by atoms with van der Waals surface area (Å²) >= 11 is 3.99. The number of hydrogen-bond donors (Lipinski definition) is 2. The summed E-state index contributed by atoms with van der Waals surface area (Å²) in [5.41, 5.74) is 7.51. The Bertz CT molecular complexity index is 1770. The Hall–Kier alpha value is -2.74. The number of aryl methyl sites for hydroxylation is 1. The minimum absolute atomic E-state index is 0.198. The lowest BCUT2D eigenvalue weighted by molar-refractivity contribution is -0.0394. The van der Waals surface area contributed by atoms with Crippen molar-refractivity contribution in [2.75, 3.05) is 0 Å². The highest BCUT2D eigenvalue weighted by atomic mass is 79.9. The molecule has 7 heteroatoms. The lowest BCUT2D eigenvalue weighted by Gasteiger charge is -2.60. The van der Waals surface area contributed by atoms with E-state index in [4.69, 9.17) is 9.05 Å². The molecule has 2 atom stereocenters. The van der Waals surface area contributed by atoms with Gasteiger partial charge in [0.2, 0.25) is 0 Å². The van der Waals surface area contributed by atoms with Crippen LogP contribution in [0, 0.1) is 42.4 Å². The second-order valence-corrected chi connectivity index (χ2v) is 18.0. The van der Waals surface area contributed by atoms with Crippen LogP contribution in [0.5, 0.6) is 0 Å². The van der Waals surface area contributed by atoms with Crippen LogP contribution >= 0.6 is 15.9 Å². The van der Waals surface area contributed by atoms with Gasteiger partial charge in [0.25, 0.3) is 0 Å². The highest BCUT2D eigenvalue weighted by Gasteiger charge is 2.56. The normalized spacial score (nSPS) is 35.9. The minimum Gasteiger partial charge on any atom is -0.356 e. The lowest BCUT2D eigenvalue weighted by Crippen LogP contribution is -2.60. The van der Waals surface area contributed by atoms with Crippen molar-refractivity contribution in [3.8, 4) is 22.6 Å². The third kappa shape index (κ3) is 5.34. The van der Waals surface area contributed by atoms with Crippen LogP contribution in [0.4, 0.5) is 0 Å². The van der Waals surface area contributed by atoms with Crippen molar-refractivity contribution in [1.82, 2.24) is 20.9 Å². The molecular formula is C41H47BrN4O2. The smallest absolute Gasteiger partial charge is 0.167 e. The van der Waals surface area contributed by atoms with Crippen molar-refractivity contribution in [2.45, 2.75) is 108 Å². The van der Waals surface area contributed by atoms with Gasteiger partial charge in [-0.25, -0.2) is 0 Å². The number of benzene rings is 2. The van der Waals surface area contributed by atoms with Crippen LogP contribution in [0.15, 0.2) is 68.1 Å². The van der Waals surface area contributed by atoms with Crippen LogP contribution in [-0.4, -0.2) is 21.4 Å². The average Bonchev–Trinajstić information content (AvgIpc) is 3.74. The third-order valence-corrected chi connectivity index (χ3v) is 14.4. The van der Waals surface area contributed by atoms with E-state index < -0.39 is 0 Å². The SMILES string of the molecule is Cc1ccc(-c2cc(CNC34CC5CC(C3)C(c3cc(-c6cc(CNC78CC9CC(CC(C9)C7)C8)no6)ccc3Br)C(C5)C4)no2)cc1. The summed E-state index contributed by atoms with van der Waals surface area (Å²) in [5.74, 6) is 7.33. The summed E-state index contributed by atoms with van der Waals surface area (Å²) < 4.78 is 13.0. The van der Waals surface area contributed by atoms with Gasteiger partial charge in [-0.3, -0.25) is 0 Å². The van der Waals surface area contributed by atoms with Gasteiger partial charge >= 0.3 is 0 Å². The van der Waals surface area contributed by atoms with Gasteiger partial charge in [0, 0.05) is 51.9 Å². The summed E-state index contributed by atoms with van der Waals surface area (Å²) in [6.45, 7) is 3.68. The van der Waals surface area contributed by atoms with E-state index in [0.29, 0.717) is 23.3 Å². The zero-order chi connectivity index (χ0) is 32.0. The van der Waals surface area contributed by atoms with Crippen LogP contribution < -0.4 is 10.6 Å². The molecule has 2 N–H and O–H groups in total. The van der Waals surface area contributed by atoms with E-state index in [2.05, 4.69) is 98.4 Å². The van der Waals surface area contributed by atoms with Gasteiger partial charge in [-0.1, -0.05) is 56.1 Å². The highest BCUT2D eigenvalue weighted by Crippen LogP contribution is 2.62. The van der Waals surface area contributed by atoms with Crippen molar-refractivity contribution >= 4 is 15.9 Å². The van der Waals surface area contributed by atoms with Gasteiger partial charge in [-0.15, -0.1) is 0 Å². The number of halogens is 1. The third-order valence-electron chi connectivity index (χ3n) is 13.7. The quantitative estimate of drug-likeness (QED) is 0.181. The number of hydrogen-bond acceptors (Lipinski definition) is 6. The molecule has 2 unspecified atom stereocenters. The molecule has 0 spiro atoms. The van der Waals surface area contributed by atoms with Crippen molar-refractivity contribution in [2.24, 2.45) is 35.5 Å². The topological polar surface area (TPSA) is 76.1 Å². The fourth-order valence-corrected chi connectivity index (χ4v) is 12.9. The van der Waals surface area contributed by atoms with Gasteiger partial charge in [-0.05, 0) is 143 Å². The van der Waals surface area contributed by atoms with Crippen molar-refractivity contribution in [3.63, 3.8) is 0 Å². The van der Waals surface area contributed by atoms with Crippen LogP contribution in [0.25, 0.3) is 22.6 Å². The first-order valence-corrected chi connectivity index (χ1v) is 19.4. The number of aromatic nitrogens is 2. The number of rotatable bonds is 9. The molecular weight excluding hydrogens is 660 g/mol. The van der Waals surface area contributed by atoms with Gasteiger partial charge in [0.15, 0.2) is 11.5 Å².